The first-order valence-corrected chi connectivity index (χ1v) is 11.6. The molecule has 0 unspecified atom stereocenters. The van der Waals surface area contributed by atoms with Crippen molar-refractivity contribution in [1.82, 2.24) is 15.0 Å². The number of rotatable bonds is 7. The smallest absolute Gasteiger partial charge is 0.408 e. The van der Waals surface area contributed by atoms with Crippen LogP contribution in [0.5, 0.6) is 5.75 Å². The van der Waals surface area contributed by atoms with Crippen molar-refractivity contribution in [2.24, 2.45) is 0 Å². The molecule has 3 N–H and O–H groups in total. The quantitative estimate of drug-likeness (QED) is 0.350. The van der Waals surface area contributed by atoms with Crippen molar-refractivity contribution < 1.29 is 26.7 Å². The summed E-state index contributed by atoms with van der Waals surface area (Å²) in [7, 11) is -4.16. The van der Waals surface area contributed by atoms with E-state index in [4.69, 9.17) is 4.74 Å². The molecule has 0 spiro atoms. The van der Waals surface area contributed by atoms with Crippen molar-refractivity contribution >= 4 is 38.7 Å². The molecule has 176 valence electrons. The van der Waals surface area contributed by atoms with Crippen LogP contribution < -0.4 is 14.8 Å². The number of H-pyrrole nitrogens is 1. The normalized spacial score (nSPS) is 11.4. The van der Waals surface area contributed by atoms with E-state index in [0.29, 0.717) is 11.2 Å². The fraction of sp³-hybridized carbons (Fsp3) is 0.136. The largest absolute Gasteiger partial charge is 0.417 e. The Labute approximate surface area is 193 Å². The van der Waals surface area contributed by atoms with Gasteiger partial charge in [0, 0.05) is 6.07 Å². The van der Waals surface area contributed by atoms with Gasteiger partial charge in [-0.15, -0.1) is 0 Å². The second-order valence-electron chi connectivity index (χ2n) is 7.24. The number of carbonyl (C=O) groups is 1. The van der Waals surface area contributed by atoms with Gasteiger partial charge in [0.1, 0.15) is 11.5 Å². The van der Waals surface area contributed by atoms with Gasteiger partial charge in [0.2, 0.25) is 0 Å². The minimum Gasteiger partial charge on any atom is -0.408 e. The maximum atomic E-state index is 14.9. The molecule has 4 rings (SSSR count). The molecule has 2 aromatic heterocycles. The number of carbonyl (C=O) groups excluding carboxylic acids is 1. The van der Waals surface area contributed by atoms with Crippen molar-refractivity contribution in [1.29, 1.82) is 0 Å². The first-order valence-electron chi connectivity index (χ1n) is 10.1. The van der Waals surface area contributed by atoms with E-state index in [0.717, 1.165) is 30.5 Å². The van der Waals surface area contributed by atoms with E-state index in [2.05, 4.69) is 19.7 Å². The summed E-state index contributed by atoms with van der Waals surface area (Å²) < 4.78 is 61.6. The highest BCUT2D eigenvalue weighted by Gasteiger charge is 2.22. The Kier molecular flexibility index (Phi) is 6.41. The van der Waals surface area contributed by atoms with Gasteiger partial charge in [0.15, 0.2) is 17.2 Å². The maximum Gasteiger partial charge on any atom is 0.417 e. The van der Waals surface area contributed by atoms with Crippen molar-refractivity contribution in [3.8, 4) is 5.75 Å². The Balaban J connectivity index is 1.52. The molecule has 0 saturated heterocycles. The number of hydrogen-bond acceptors (Lipinski definition) is 6. The van der Waals surface area contributed by atoms with Crippen LogP contribution in [-0.4, -0.2) is 29.5 Å². The molecule has 0 bridgehead atoms. The van der Waals surface area contributed by atoms with Gasteiger partial charge < -0.3 is 9.72 Å². The topological polar surface area (TPSA) is 126 Å². The molecule has 2 aromatic carbocycles. The highest BCUT2D eigenvalue weighted by Crippen LogP contribution is 2.28. The summed E-state index contributed by atoms with van der Waals surface area (Å²) in [5.41, 5.74) is 0.418. The Morgan fingerprint density at radius 1 is 1.12 bits per heavy atom. The van der Waals surface area contributed by atoms with E-state index in [-0.39, 0.29) is 10.6 Å². The zero-order valence-electron chi connectivity index (χ0n) is 17.8. The van der Waals surface area contributed by atoms with Gasteiger partial charge in [-0.2, -0.15) is 0 Å². The molecule has 0 radical (unpaired) electrons. The molecular formula is C22H19F2N5O4S. The molecule has 34 heavy (non-hydrogen) atoms. The lowest BCUT2D eigenvalue weighted by atomic mass is 10.1. The summed E-state index contributed by atoms with van der Waals surface area (Å²) in [4.78, 5) is 22.8. The van der Waals surface area contributed by atoms with Gasteiger partial charge in [-0.3, -0.25) is 10.0 Å². The lowest BCUT2D eigenvalue weighted by molar-refractivity contribution is 0.215. The van der Waals surface area contributed by atoms with E-state index in [9.17, 15) is 22.0 Å². The number of sulfonamides is 1. The molecule has 0 saturated carbocycles. The van der Waals surface area contributed by atoms with Gasteiger partial charge in [-0.25, -0.2) is 32.0 Å². The maximum absolute atomic E-state index is 14.9. The summed E-state index contributed by atoms with van der Waals surface area (Å²) in [6.07, 6.45) is 3.10. The molecule has 0 atom stereocenters. The van der Waals surface area contributed by atoms with Gasteiger partial charge in [0.25, 0.3) is 10.0 Å². The highest BCUT2D eigenvalue weighted by atomic mass is 32.2. The lowest BCUT2D eigenvalue weighted by Gasteiger charge is -2.13. The van der Waals surface area contributed by atoms with Crippen LogP contribution in [0.15, 0.2) is 59.9 Å². The summed E-state index contributed by atoms with van der Waals surface area (Å²) in [5.74, 6) is -2.44. The van der Waals surface area contributed by atoms with Crippen molar-refractivity contribution in [3.05, 3.63) is 72.2 Å². The second kappa shape index (κ2) is 9.43. The van der Waals surface area contributed by atoms with Crippen LogP contribution in [-0.2, 0) is 16.4 Å². The second-order valence-corrected chi connectivity index (χ2v) is 8.93. The van der Waals surface area contributed by atoms with E-state index in [1.165, 1.54) is 30.7 Å². The third-order valence-corrected chi connectivity index (χ3v) is 6.18. The third-order valence-electron chi connectivity index (χ3n) is 4.79. The van der Waals surface area contributed by atoms with Gasteiger partial charge in [-0.05, 0) is 36.2 Å². The number of nitrogens with one attached hydrogen (secondary N) is 3. The molecule has 0 aliphatic rings. The van der Waals surface area contributed by atoms with E-state index < -0.39 is 39.1 Å². The van der Waals surface area contributed by atoms with Crippen LogP contribution in [0.2, 0.25) is 0 Å². The number of fused-ring (bicyclic) bond motifs is 1. The predicted octanol–water partition coefficient (Wildman–Crippen LogP) is 4.60. The van der Waals surface area contributed by atoms with Crippen molar-refractivity contribution in [2.75, 3.05) is 10.0 Å². The number of ether oxygens (including phenoxy) is 1. The third kappa shape index (κ3) is 4.96. The number of aromatic amines is 1. The van der Waals surface area contributed by atoms with Gasteiger partial charge >= 0.3 is 6.09 Å². The number of benzene rings is 2. The number of halogens is 2. The first-order chi connectivity index (χ1) is 16.3. The van der Waals surface area contributed by atoms with Gasteiger partial charge in [0.05, 0.1) is 28.6 Å². The molecule has 0 aliphatic heterocycles. The summed E-state index contributed by atoms with van der Waals surface area (Å²) >= 11 is 0. The monoisotopic (exact) mass is 487 g/mol. The number of nitrogens with zero attached hydrogens (tertiary/aromatic N) is 2. The fourth-order valence-electron chi connectivity index (χ4n) is 3.17. The molecular weight excluding hydrogens is 468 g/mol. The van der Waals surface area contributed by atoms with Crippen LogP contribution in [0.4, 0.5) is 25.0 Å². The van der Waals surface area contributed by atoms with Gasteiger partial charge in [-0.1, -0.05) is 25.5 Å². The average molecular weight is 487 g/mol. The standard InChI is InChI=1S/C22H19F2N5O4S/c1-2-3-13-4-6-15(7-5-13)34(31,32)29-17-9-8-16(23)20(19(17)24)28-22(30)33-14-10-18-21(25-11-14)27-12-26-18/h4-12,29H,2-3H2,1H3,(H,28,30)(H,25,26,27). The molecule has 4 aromatic rings. The van der Waals surface area contributed by atoms with E-state index in [1.807, 2.05) is 12.2 Å². The lowest BCUT2D eigenvalue weighted by Crippen LogP contribution is -2.20. The van der Waals surface area contributed by atoms with Crippen LogP contribution >= 0.6 is 0 Å². The van der Waals surface area contributed by atoms with Crippen LogP contribution in [0.25, 0.3) is 11.2 Å². The predicted molar refractivity (Wildman–Crippen MR) is 121 cm³/mol. The van der Waals surface area contributed by atoms with Crippen LogP contribution in [0, 0.1) is 11.6 Å². The minimum atomic E-state index is -4.16. The number of amides is 1. The zero-order valence-corrected chi connectivity index (χ0v) is 18.6. The Morgan fingerprint density at radius 3 is 2.62 bits per heavy atom. The number of aromatic nitrogens is 3. The number of imidazole rings is 1. The zero-order chi connectivity index (χ0) is 24.3. The number of pyridine rings is 1. The van der Waals surface area contributed by atoms with Crippen LogP contribution in [0.1, 0.15) is 18.9 Å². The fourth-order valence-corrected chi connectivity index (χ4v) is 4.23. The SMILES string of the molecule is CCCc1ccc(S(=O)(=O)Nc2ccc(F)c(NC(=O)Oc3cnc4nc[nH]c4c3)c2F)cc1. The number of anilines is 2. The molecule has 0 fully saturated rings. The van der Waals surface area contributed by atoms with E-state index >= 15 is 0 Å². The first kappa shape index (κ1) is 23.1. The van der Waals surface area contributed by atoms with Crippen molar-refractivity contribution in [3.63, 3.8) is 0 Å². The summed E-state index contributed by atoms with van der Waals surface area (Å²) in [6.45, 7) is 2.00. The molecule has 1 amide bonds. The minimum absolute atomic E-state index is 0.00144. The molecule has 2 heterocycles. The Bertz CT molecular complexity index is 1460. The Morgan fingerprint density at radius 2 is 1.88 bits per heavy atom. The Hall–Kier alpha value is -4.06. The molecule has 0 aliphatic carbocycles. The van der Waals surface area contributed by atoms with Crippen molar-refractivity contribution in [2.45, 2.75) is 24.7 Å². The molecule has 12 heteroatoms. The molecule has 9 nitrogen and oxygen atoms in total. The number of aryl methyl sites for hydroxylation is 1. The average Bonchev–Trinajstić information content (AvgIpc) is 3.27. The number of hydrogen-bond donors (Lipinski definition) is 3. The highest BCUT2D eigenvalue weighted by molar-refractivity contribution is 7.92. The van der Waals surface area contributed by atoms with E-state index in [1.54, 1.807) is 12.1 Å². The van der Waals surface area contributed by atoms with Crippen LogP contribution in [0.3, 0.4) is 0 Å². The summed E-state index contributed by atoms with van der Waals surface area (Å²) in [5, 5.41) is 1.96. The summed E-state index contributed by atoms with van der Waals surface area (Å²) in [6, 6.07) is 9.29.